The molecule has 0 rings (SSSR count). The number of rotatable bonds is 28. The Morgan fingerprint density at radius 2 is 0.895 bits per heavy atom. The molecule has 0 aliphatic heterocycles. The van der Waals surface area contributed by atoms with E-state index < -0.39 is 5.97 Å². The van der Waals surface area contributed by atoms with Gasteiger partial charge in [0.1, 0.15) is 0 Å². The van der Waals surface area contributed by atoms with Crippen molar-refractivity contribution in [2.45, 2.75) is 195 Å². The molecule has 4 nitrogen and oxygen atoms in total. The van der Waals surface area contributed by atoms with Gasteiger partial charge in [0.15, 0.2) is 0 Å². The summed E-state index contributed by atoms with van der Waals surface area (Å²) in [4.78, 5) is 21.7. The Morgan fingerprint density at radius 1 is 0.526 bits per heavy atom. The fourth-order valence-corrected chi connectivity index (χ4v) is 4.61. The lowest BCUT2D eigenvalue weighted by Crippen LogP contribution is -2.05. The lowest BCUT2D eigenvalue weighted by molar-refractivity contribution is -0.144. The highest BCUT2D eigenvalue weighted by Crippen LogP contribution is 2.14. The van der Waals surface area contributed by atoms with Gasteiger partial charge in [0.05, 0.1) is 6.61 Å². The molecule has 0 aromatic carbocycles. The van der Waals surface area contributed by atoms with E-state index in [4.69, 9.17) is 9.84 Å². The first-order valence-corrected chi connectivity index (χ1v) is 16.8. The van der Waals surface area contributed by atoms with E-state index in [9.17, 15) is 9.59 Å². The van der Waals surface area contributed by atoms with Crippen molar-refractivity contribution < 1.29 is 19.4 Å². The number of carbonyl (C=O) groups is 2. The van der Waals surface area contributed by atoms with E-state index in [1.165, 1.54) is 128 Å². The zero-order valence-corrected chi connectivity index (χ0v) is 26.3. The molecule has 0 aliphatic rings. The summed E-state index contributed by atoms with van der Waals surface area (Å²) in [6.07, 6.45) is 31.4. The number of carboxylic acid groups (broad SMARTS) is 1. The van der Waals surface area contributed by atoms with Crippen molar-refractivity contribution in [1.29, 1.82) is 0 Å². The van der Waals surface area contributed by atoms with E-state index in [0.717, 1.165) is 31.6 Å². The Labute approximate surface area is 238 Å². The van der Waals surface area contributed by atoms with E-state index in [0.29, 0.717) is 19.4 Å². The Hall–Kier alpha value is -1.06. The Bertz CT molecular complexity index is 475. The number of esters is 1. The van der Waals surface area contributed by atoms with Crippen LogP contribution in [0.4, 0.5) is 0 Å². The number of aliphatic carboxylic acids is 1. The molecule has 0 amide bonds. The number of unbranched alkanes of at least 4 members (excludes halogenated alkanes) is 20. The first-order valence-electron chi connectivity index (χ1n) is 16.8. The molecule has 0 aromatic rings. The monoisotopic (exact) mass is 541 g/mol. The lowest BCUT2D eigenvalue weighted by Gasteiger charge is -2.04. The van der Waals surface area contributed by atoms with Gasteiger partial charge >= 0.3 is 11.9 Å². The van der Waals surface area contributed by atoms with Gasteiger partial charge in [0.25, 0.3) is 0 Å². The highest BCUT2D eigenvalue weighted by Gasteiger charge is 2.02. The quantitative estimate of drug-likeness (QED) is 0.0791. The van der Waals surface area contributed by atoms with E-state index in [1.54, 1.807) is 0 Å². The number of carboxylic acids is 1. The molecule has 228 valence electrons. The average Bonchev–Trinajstić information content (AvgIpc) is 2.88. The van der Waals surface area contributed by atoms with Crippen LogP contribution >= 0.6 is 0 Å². The molecule has 0 atom stereocenters. The van der Waals surface area contributed by atoms with Crippen molar-refractivity contribution in [3.05, 3.63) is 0 Å². The summed E-state index contributed by atoms with van der Waals surface area (Å²) in [5.41, 5.74) is 0. The second-order valence-electron chi connectivity index (χ2n) is 11.7. The predicted octanol–water partition coefficient (Wildman–Crippen LogP) is 11.4. The van der Waals surface area contributed by atoms with Crippen LogP contribution in [0.2, 0.25) is 0 Å². The van der Waals surface area contributed by atoms with Crippen molar-refractivity contribution in [2.24, 2.45) is 5.92 Å². The molecule has 1 N–H and O–H groups in total. The maximum absolute atomic E-state index is 11.4. The van der Waals surface area contributed by atoms with Crippen LogP contribution in [0.25, 0.3) is 0 Å². The van der Waals surface area contributed by atoms with Gasteiger partial charge in [-0.3, -0.25) is 9.59 Å². The first kappa shape index (κ1) is 39.1. The van der Waals surface area contributed by atoms with Gasteiger partial charge < -0.3 is 9.84 Å². The fourth-order valence-electron chi connectivity index (χ4n) is 4.61. The number of hydrogen-bond donors (Lipinski definition) is 1. The molecule has 0 saturated heterocycles. The summed E-state index contributed by atoms with van der Waals surface area (Å²) in [6.45, 7) is 9.65. The second-order valence-corrected chi connectivity index (χ2v) is 11.7. The van der Waals surface area contributed by atoms with Crippen LogP contribution in [0.3, 0.4) is 0 Å². The Balaban J connectivity index is 0. The molecule has 0 radical (unpaired) electrons. The van der Waals surface area contributed by atoms with Crippen molar-refractivity contribution in [1.82, 2.24) is 0 Å². The highest BCUT2D eigenvalue weighted by atomic mass is 16.5. The van der Waals surface area contributed by atoms with E-state index in [1.807, 2.05) is 0 Å². The SMILES string of the molecule is CC(C)CCCCCCCCCCCCCCC(=O)O.CCCCCCCCCC(=O)OCCCCCC. The van der Waals surface area contributed by atoms with Gasteiger partial charge in [-0.2, -0.15) is 0 Å². The molecule has 0 spiro atoms. The number of hydrogen-bond acceptors (Lipinski definition) is 3. The fraction of sp³-hybridized carbons (Fsp3) is 0.941. The van der Waals surface area contributed by atoms with E-state index in [2.05, 4.69) is 27.7 Å². The summed E-state index contributed by atoms with van der Waals surface area (Å²) in [5.74, 6) is 0.212. The third-order valence-corrected chi connectivity index (χ3v) is 7.17. The van der Waals surface area contributed by atoms with Gasteiger partial charge in [0, 0.05) is 12.8 Å². The molecular formula is C34H68O4. The molecule has 38 heavy (non-hydrogen) atoms. The maximum atomic E-state index is 11.4. The second kappa shape index (κ2) is 34.0. The summed E-state index contributed by atoms with van der Waals surface area (Å²) in [6, 6.07) is 0. The van der Waals surface area contributed by atoms with Crippen molar-refractivity contribution >= 4 is 11.9 Å². The summed E-state index contributed by atoms with van der Waals surface area (Å²) < 4.78 is 5.19. The van der Waals surface area contributed by atoms with Crippen molar-refractivity contribution in [3.8, 4) is 0 Å². The third kappa shape index (κ3) is 39.5. The zero-order valence-electron chi connectivity index (χ0n) is 26.3. The van der Waals surface area contributed by atoms with Crippen molar-refractivity contribution in [2.75, 3.05) is 6.61 Å². The van der Waals surface area contributed by atoms with Crippen LogP contribution < -0.4 is 0 Å². The molecule has 0 aromatic heterocycles. The van der Waals surface area contributed by atoms with E-state index in [-0.39, 0.29) is 5.97 Å². The summed E-state index contributed by atoms with van der Waals surface area (Å²) in [5, 5.41) is 8.52. The minimum Gasteiger partial charge on any atom is -0.481 e. The predicted molar refractivity (Wildman–Crippen MR) is 165 cm³/mol. The molecule has 0 aliphatic carbocycles. The van der Waals surface area contributed by atoms with Crippen LogP contribution in [0.15, 0.2) is 0 Å². The van der Waals surface area contributed by atoms with Gasteiger partial charge in [-0.25, -0.2) is 0 Å². The van der Waals surface area contributed by atoms with Gasteiger partial charge in [-0.15, -0.1) is 0 Å². The van der Waals surface area contributed by atoms with Crippen LogP contribution in [0, 0.1) is 5.92 Å². The normalized spacial score (nSPS) is 10.9. The highest BCUT2D eigenvalue weighted by molar-refractivity contribution is 5.69. The molecule has 0 fully saturated rings. The zero-order chi connectivity index (χ0) is 28.5. The molecule has 0 saturated carbocycles. The number of ether oxygens (including phenoxy) is 1. The van der Waals surface area contributed by atoms with Crippen molar-refractivity contribution in [3.63, 3.8) is 0 Å². The summed E-state index contributed by atoms with van der Waals surface area (Å²) >= 11 is 0. The van der Waals surface area contributed by atoms with Crippen LogP contribution in [-0.2, 0) is 14.3 Å². The molecule has 0 unspecified atom stereocenters. The maximum Gasteiger partial charge on any atom is 0.305 e. The molecule has 4 heteroatoms. The standard InChI is InChI=1S/C18H36O2.C16H32O2/c1-17(2)15-13-11-9-7-5-3-4-6-8-10-12-14-16-18(19)20;1-3-5-7-9-10-11-12-14-16(17)18-15-13-8-6-4-2/h17H,3-16H2,1-2H3,(H,19,20);3-15H2,1-2H3. The van der Waals surface area contributed by atoms with E-state index >= 15 is 0 Å². The number of carbonyl (C=O) groups excluding carboxylic acids is 1. The molecular weight excluding hydrogens is 472 g/mol. The van der Waals surface area contributed by atoms with Gasteiger partial charge in [-0.1, -0.05) is 163 Å². The topological polar surface area (TPSA) is 63.6 Å². The largest absolute Gasteiger partial charge is 0.481 e. The Kier molecular flexibility index (Phi) is 34.9. The minimum absolute atomic E-state index is 0.0000525. The molecule has 0 heterocycles. The third-order valence-electron chi connectivity index (χ3n) is 7.17. The smallest absolute Gasteiger partial charge is 0.305 e. The van der Waals surface area contributed by atoms with Crippen LogP contribution in [0.1, 0.15) is 195 Å². The Morgan fingerprint density at radius 3 is 1.32 bits per heavy atom. The van der Waals surface area contributed by atoms with Crippen LogP contribution in [0.5, 0.6) is 0 Å². The van der Waals surface area contributed by atoms with Crippen LogP contribution in [-0.4, -0.2) is 23.7 Å². The van der Waals surface area contributed by atoms with Gasteiger partial charge in [-0.05, 0) is 25.2 Å². The minimum atomic E-state index is -0.654. The molecule has 0 bridgehead atoms. The van der Waals surface area contributed by atoms with Gasteiger partial charge in [0.2, 0.25) is 0 Å². The summed E-state index contributed by atoms with van der Waals surface area (Å²) in [7, 11) is 0. The lowest BCUT2D eigenvalue weighted by atomic mass is 10.0. The average molecular weight is 541 g/mol. The first-order chi connectivity index (χ1) is 18.4.